The van der Waals surface area contributed by atoms with Gasteiger partial charge in [-0.3, -0.25) is 0 Å². The molecular formula is C20H28N4O2. The Morgan fingerprint density at radius 1 is 1.23 bits per heavy atom. The van der Waals surface area contributed by atoms with Crippen molar-refractivity contribution >= 4 is 5.96 Å². The molecule has 1 saturated carbocycles. The first-order valence-electron chi connectivity index (χ1n) is 9.16. The minimum Gasteiger partial charge on any atom is -0.497 e. The molecule has 6 nitrogen and oxygen atoms in total. The molecule has 3 rings (SSSR count). The number of aryl methyl sites for hydroxylation is 2. The number of hydrogen-bond acceptors (Lipinski definition) is 4. The van der Waals surface area contributed by atoms with E-state index in [9.17, 15) is 0 Å². The number of benzene rings is 1. The molecule has 0 spiro atoms. The van der Waals surface area contributed by atoms with Crippen molar-refractivity contribution in [2.75, 3.05) is 20.2 Å². The van der Waals surface area contributed by atoms with Crippen molar-refractivity contribution in [3.05, 3.63) is 47.2 Å². The van der Waals surface area contributed by atoms with Crippen LogP contribution in [0.2, 0.25) is 0 Å². The van der Waals surface area contributed by atoms with Gasteiger partial charge in [-0.2, -0.15) is 0 Å². The molecule has 140 valence electrons. The van der Waals surface area contributed by atoms with Gasteiger partial charge in [-0.1, -0.05) is 12.1 Å². The quantitative estimate of drug-likeness (QED) is 0.589. The predicted octanol–water partition coefficient (Wildman–Crippen LogP) is 3.09. The fourth-order valence-electron chi connectivity index (χ4n) is 3.01. The zero-order valence-corrected chi connectivity index (χ0v) is 16.1. The van der Waals surface area contributed by atoms with E-state index in [4.69, 9.17) is 9.15 Å². The van der Waals surface area contributed by atoms with Gasteiger partial charge in [0.1, 0.15) is 18.1 Å². The lowest BCUT2D eigenvalue weighted by Gasteiger charge is -2.19. The summed E-state index contributed by atoms with van der Waals surface area (Å²) in [6.07, 6.45) is 2.37. The minimum absolute atomic E-state index is 0.193. The van der Waals surface area contributed by atoms with Gasteiger partial charge in [-0.05, 0) is 51.3 Å². The molecule has 1 aromatic heterocycles. The van der Waals surface area contributed by atoms with Crippen molar-refractivity contribution in [3.63, 3.8) is 0 Å². The maximum atomic E-state index is 5.61. The Morgan fingerprint density at radius 2 is 1.96 bits per heavy atom. The van der Waals surface area contributed by atoms with Gasteiger partial charge in [0.2, 0.25) is 5.89 Å². The lowest BCUT2D eigenvalue weighted by Crippen LogP contribution is -2.41. The van der Waals surface area contributed by atoms with E-state index in [0.717, 1.165) is 36.3 Å². The molecule has 0 unspecified atom stereocenters. The average Bonchev–Trinajstić information content (AvgIpc) is 3.38. The van der Waals surface area contributed by atoms with Gasteiger partial charge in [0.05, 0.1) is 12.8 Å². The molecule has 26 heavy (non-hydrogen) atoms. The molecule has 1 aliphatic carbocycles. The molecule has 1 aliphatic rings. The number of methoxy groups -OCH3 is 1. The van der Waals surface area contributed by atoms with E-state index in [-0.39, 0.29) is 5.41 Å². The first kappa shape index (κ1) is 18.3. The lowest BCUT2D eigenvalue weighted by molar-refractivity contribution is 0.414. The van der Waals surface area contributed by atoms with Crippen LogP contribution in [-0.4, -0.2) is 31.1 Å². The van der Waals surface area contributed by atoms with Crippen molar-refractivity contribution in [1.82, 2.24) is 15.6 Å². The molecule has 0 saturated heterocycles. The Bertz CT molecular complexity index is 741. The van der Waals surface area contributed by atoms with Crippen LogP contribution in [0.1, 0.15) is 42.7 Å². The van der Waals surface area contributed by atoms with Crippen LogP contribution in [0.4, 0.5) is 0 Å². The Balaban J connectivity index is 1.63. The molecule has 1 aromatic carbocycles. The number of aromatic nitrogens is 1. The SMILES string of the molecule is CCNC(=NCc1nc(C)c(C)o1)NCC1(c2ccc(OC)cc2)CC1. The highest BCUT2D eigenvalue weighted by Crippen LogP contribution is 2.47. The van der Waals surface area contributed by atoms with E-state index in [1.807, 2.05) is 26.0 Å². The third-order valence-electron chi connectivity index (χ3n) is 4.94. The van der Waals surface area contributed by atoms with Gasteiger partial charge in [0.25, 0.3) is 0 Å². The topological polar surface area (TPSA) is 71.7 Å². The number of aliphatic imine (C=N–C) groups is 1. The second kappa shape index (κ2) is 7.81. The first-order valence-corrected chi connectivity index (χ1v) is 9.16. The van der Waals surface area contributed by atoms with Crippen LogP contribution in [0.25, 0.3) is 0 Å². The lowest BCUT2D eigenvalue weighted by atomic mass is 9.96. The molecule has 1 fully saturated rings. The van der Waals surface area contributed by atoms with Gasteiger partial charge in [0, 0.05) is 18.5 Å². The number of nitrogens with one attached hydrogen (secondary N) is 2. The number of nitrogens with zero attached hydrogens (tertiary/aromatic N) is 2. The molecule has 2 N–H and O–H groups in total. The van der Waals surface area contributed by atoms with Crippen LogP contribution in [-0.2, 0) is 12.0 Å². The van der Waals surface area contributed by atoms with E-state index < -0.39 is 0 Å². The van der Waals surface area contributed by atoms with Crippen molar-refractivity contribution < 1.29 is 9.15 Å². The van der Waals surface area contributed by atoms with Gasteiger partial charge < -0.3 is 19.8 Å². The maximum Gasteiger partial charge on any atom is 0.216 e. The zero-order valence-electron chi connectivity index (χ0n) is 16.1. The third-order valence-corrected chi connectivity index (χ3v) is 4.94. The summed E-state index contributed by atoms with van der Waals surface area (Å²) >= 11 is 0. The highest BCUT2D eigenvalue weighted by atomic mass is 16.5. The number of guanidine groups is 1. The van der Waals surface area contributed by atoms with Gasteiger partial charge >= 0.3 is 0 Å². The van der Waals surface area contributed by atoms with Crippen LogP contribution < -0.4 is 15.4 Å². The summed E-state index contributed by atoms with van der Waals surface area (Å²) in [5.41, 5.74) is 2.46. The summed E-state index contributed by atoms with van der Waals surface area (Å²) in [5.74, 6) is 3.18. The fraction of sp³-hybridized carbons (Fsp3) is 0.500. The van der Waals surface area contributed by atoms with Crippen LogP contribution >= 0.6 is 0 Å². The van der Waals surface area contributed by atoms with E-state index in [1.165, 1.54) is 18.4 Å². The van der Waals surface area contributed by atoms with Gasteiger partial charge in [0.15, 0.2) is 5.96 Å². The number of ether oxygens (including phenoxy) is 1. The molecule has 0 aliphatic heterocycles. The summed E-state index contributed by atoms with van der Waals surface area (Å²) in [5, 5.41) is 6.77. The van der Waals surface area contributed by atoms with Crippen LogP contribution in [0, 0.1) is 13.8 Å². The number of oxazole rings is 1. The molecular weight excluding hydrogens is 328 g/mol. The Morgan fingerprint density at radius 3 is 2.50 bits per heavy atom. The highest BCUT2D eigenvalue weighted by Gasteiger charge is 2.44. The summed E-state index contributed by atoms with van der Waals surface area (Å²) in [6.45, 7) is 8.03. The van der Waals surface area contributed by atoms with Gasteiger partial charge in [-0.25, -0.2) is 9.98 Å². The van der Waals surface area contributed by atoms with Crippen LogP contribution in [0.3, 0.4) is 0 Å². The second-order valence-corrected chi connectivity index (χ2v) is 6.81. The van der Waals surface area contributed by atoms with E-state index in [1.54, 1.807) is 7.11 Å². The average molecular weight is 356 g/mol. The molecule has 6 heteroatoms. The monoisotopic (exact) mass is 356 g/mol. The molecule has 0 atom stereocenters. The fourth-order valence-corrected chi connectivity index (χ4v) is 3.01. The molecule has 0 radical (unpaired) electrons. The van der Waals surface area contributed by atoms with Crippen molar-refractivity contribution in [3.8, 4) is 5.75 Å². The summed E-state index contributed by atoms with van der Waals surface area (Å²) < 4.78 is 10.9. The molecule has 0 amide bonds. The normalized spacial score (nSPS) is 15.6. The second-order valence-electron chi connectivity index (χ2n) is 6.81. The van der Waals surface area contributed by atoms with E-state index >= 15 is 0 Å². The Hall–Kier alpha value is -2.50. The molecule has 0 bridgehead atoms. The predicted molar refractivity (Wildman–Crippen MR) is 103 cm³/mol. The smallest absolute Gasteiger partial charge is 0.216 e. The Kier molecular flexibility index (Phi) is 5.49. The Labute approximate surface area is 155 Å². The van der Waals surface area contributed by atoms with Crippen molar-refractivity contribution in [1.29, 1.82) is 0 Å². The zero-order chi connectivity index (χ0) is 18.6. The van der Waals surface area contributed by atoms with E-state index in [2.05, 4.69) is 39.7 Å². The van der Waals surface area contributed by atoms with Gasteiger partial charge in [-0.15, -0.1) is 0 Å². The highest BCUT2D eigenvalue weighted by molar-refractivity contribution is 5.79. The number of rotatable bonds is 7. The van der Waals surface area contributed by atoms with Crippen LogP contribution in [0.15, 0.2) is 33.7 Å². The minimum atomic E-state index is 0.193. The van der Waals surface area contributed by atoms with Crippen molar-refractivity contribution in [2.24, 2.45) is 4.99 Å². The van der Waals surface area contributed by atoms with Crippen LogP contribution in [0.5, 0.6) is 5.75 Å². The number of hydrogen-bond donors (Lipinski definition) is 2. The summed E-state index contributed by atoms with van der Waals surface area (Å²) in [7, 11) is 1.69. The first-order chi connectivity index (χ1) is 12.6. The molecule has 1 heterocycles. The maximum absolute atomic E-state index is 5.61. The van der Waals surface area contributed by atoms with E-state index in [0.29, 0.717) is 12.4 Å². The summed E-state index contributed by atoms with van der Waals surface area (Å²) in [4.78, 5) is 8.99. The van der Waals surface area contributed by atoms with Crippen molar-refractivity contribution in [2.45, 2.75) is 45.6 Å². The molecule has 2 aromatic rings. The largest absolute Gasteiger partial charge is 0.497 e. The standard InChI is InChI=1S/C20H28N4O2/c1-5-21-19(22-12-18-24-14(2)15(3)26-18)23-13-20(10-11-20)16-6-8-17(25-4)9-7-16/h6-9H,5,10-13H2,1-4H3,(H2,21,22,23). The third kappa shape index (κ3) is 4.18. The summed E-state index contributed by atoms with van der Waals surface area (Å²) in [6, 6.07) is 8.38.